The van der Waals surface area contributed by atoms with E-state index >= 15 is 4.79 Å². The maximum absolute atomic E-state index is 15.5. The molecule has 7 rings (SSSR count). The van der Waals surface area contributed by atoms with Gasteiger partial charge in [-0.25, -0.2) is 0 Å². The molecule has 2 N–H and O–H groups in total. The molecule has 10 heteroatoms. The van der Waals surface area contributed by atoms with E-state index < -0.39 is 23.3 Å². The number of nitrogens with zero attached hydrogens (tertiary/aromatic N) is 3. The summed E-state index contributed by atoms with van der Waals surface area (Å²) in [6.07, 6.45) is 20.2. The molecule has 71 heavy (non-hydrogen) atoms. The Morgan fingerprint density at radius 3 is 2.34 bits per heavy atom. The molecule has 6 atom stereocenters. The second kappa shape index (κ2) is 26.1. The summed E-state index contributed by atoms with van der Waals surface area (Å²) in [5.41, 5.74) is 5.08. The Kier molecular flexibility index (Phi) is 19.7. The number of benzene rings is 3. The summed E-state index contributed by atoms with van der Waals surface area (Å²) < 4.78 is 21.5. The van der Waals surface area contributed by atoms with Gasteiger partial charge in [0, 0.05) is 49.8 Å². The van der Waals surface area contributed by atoms with Gasteiger partial charge in [0.1, 0.15) is 29.7 Å². The quantitative estimate of drug-likeness (QED) is 0.0328. The van der Waals surface area contributed by atoms with Crippen molar-refractivity contribution in [2.45, 2.75) is 180 Å². The number of carbonyl (C=O) groups is 1. The number of aryl methyl sites for hydroxylation is 1. The van der Waals surface area contributed by atoms with Gasteiger partial charge in [-0.2, -0.15) is 0 Å². The Bertz CT molecular complexity index is 2400. The van der Waals surface area contributed by atoms with E-state index in [-0.39, 0.29) is 43.5 Å². The van der Waals surface area contributed by atoms with Gasteiger partial charge in [0.05, 0.1) is 23.9 Å². The molecule has 2 heterocycles. The zero-order valence-corrected chi connectivity index (χ0v) is 43.6. The molecular formula is C61H83N3O7. The highest BCUT2D eigenvalue weighted by molar-refractivity contribution is 6.03. The third-order valence-electron chi connectivity index (χ3n) is 14.8. The van der Waals surface area contributed by atoms with Crippen LogP contribution in [0.4, 0.5) is 0 Å². The van der Waals surface area contributed by atoms with Crippen LogP contribution in [0.25, 0.3) is 10.8 Å². The molecule has 1 saturated carbocycles. The third-order valence-corrected chi connectivity index (χ3v) is 14.8. The van der Waals surface area contributed by atoms with Crippen LogP contribution in [0.3, 0.4) is 0 Å². The fraction of sp³-hybridized carbons (Fsp3) is 0.557. The van der Waals surface area contributed by atoms with Crippen LogP contribution in [-0.2, 0) is 27.5 Å². The number of amides is 1. The van der Waals surface area contributed by atoms with Crippen molar-refractivity contribution in [1.29, 1.82) is 0 Å². The van der Waals surface area contributed by atoms with E-state index in [0.717, 1.165) is 89.5 Å². The summed E-state index contributed by atoms with van der Waals surface area (Å²) in [6.45, 7) is 15.5. The number of unbranched alkanes of at least 4 members (excludes halogenated alkanes) is 10. The molecule has 384 valence electrons. The highest BCUT2D eigenvalue weighted by atomic mass is 16.7. The normalized spacial score (nSPS) is 22.0. The number of hydrogen-bond donors (Lipinski definition) is 2. The Morgan fingerprint density at radius 2 is 1.61 bits per heavy atom. The van der Waals surface area contributed by atoms with Crippen molar-refractivity contribution in [3.63, 3.8) is 0 Å². The van der Waals surface area contributed by atoms with Crippen molar-refractivity contribution < 1.29 is 34.1 Å². The third kappa shape index (κ3) is 13.7. The van der Waals surface area contributed by atoms with Crippen molar-refractivity contribution in [2.75, 3.05) is 19.8 Å². The molecule has 0 radical (unpaired) electrons. The van der Waals surface area contributed by atoms with Crippen molar-refractivity contribution in [1.82, 2.24) is 9.88 Å². The fourth-order valence-corrected chi connectivity index (χ4v) is 11.5. The lowest BCUT2D eigenvalue weighted by Crippen LogP contribution is -2.70. The minimum Gasteiger partial charge on any atom is -0.487 e. The number of pyridine rings is 1. The average molecular weight is 970 g/mol. The number of ether oxygens (including phenoxy) is 3. The predicted molar refractivity (Wildman–Crippen MR) is 285 cm³/mol. The molecule has 3 aromatic carbocycles. The maximum atomic E-state index is 15.5. The van der Waals surface area contributed by atoms with Gasteiger partial charge in [-0.3, -0.25) is 9.78 Å². The topological polar surface area (TPSA) is 123 Å². The maximum Gasteiger partial charge on any atom is 0.239 e. The zero-order valence-electron chi connectivity index (χ0n) is 43.6. The summed E-state index contributed by atoms with van der Waals surface area (Å²) >= 11 is 0. The molecule has 3 aliphatic rings. The number of aromatic nitrogens is 1. The molecule has 0 spiro atoms. The van der Waals surface area contributed by atoms with E-state index in [9.17, 15) is 10.2 Å². The van der Waals surface area contributed by atoms with Gasteiger partial charge in [0.25, 0.3) is 0 Å². The largest absolute Gasteiger partial charge is 0.487 e. The zero-order chi connectivity index (χ0) is 50.2. The van der Waals surface area contributed by atoms with Crippen molar-refractivity contribution in [3.8, 4) is 11.5 Å². The molecule has 1 amide bonds. The van der Waals surface area contributed by atoms with Crippen LogP contribution in [0, 0.1) is 24.7 Å². The number of oxime groups is 1. The first-order chi connectivity index (χ1) is 34.5. The van der Waals surface area contributed by atoms with Crippen LogP contribution < -0.4 is 9.47 Å². The second-order valence-corrected chi connectivity index (χ2v) is 21.3. The number of aliphatic hydroxyl groups is 2. The molecule has 10 nitrogen and oxygen atoms in total. The van der Waals surface area contributed by atoms with Gasteiger partial charge in [-0.1, -0.05) is 137 Å². The molecule has 1 aromatic heterocycles. The average Bonchev–Trinajstić information content (AvgIpc) is 3.36. The summed E-state index contributed by atoms with van der Waals surface area (Å²) in [6, 6.07) is 26.3. The van der Waals surface area contributed by atoms with E-state index in [1.807, 2.05) is 58.0 Å². The van der Waals surface area contributed by atoms with Gasteiger partial charge < -0.3 is 34.2 Å². The number of fused-ring (bicyclic) bond motifs is 3. The van der Waals surface area contributed by atoms with Gasteiger partial charge in [-0.15, -0.1) is 6.58 Å². The Hall–Kier alpha value is -5.03. The molecule has 4 aromatic rings. The van der Waals surface area contributed by atoms with Crippen molar-refractivity contribution in [3.05, 3.63) is 126 Å². The lowest BCUT2D eigenvalue weighted by atomic mass is 9.55. The van der Waals surface area contributed by atoms with Crippen LogP contribution in [0.15, 0.2) is 108 Å². The van der Waals surface area contributed by atoms with Crippen LogP contribution in [-0.4, -0.2) is 69.0 Å². The lowest BCUT2D eigenvalue weighted by Gasteiger charge is -2.60. The summed E-state index contributed by atoms with van der Waals surface area (Å²) in [7, 11) is 0. The minimum absolute atomic E-state index is 0.0626. The number of carbonyl (C=O) groups excluding carboxylic acids is 1. The van der Waals surface area contributed by atoms with E-state index in [0.29, 0.717) is 50.3 Å². The van der Waals surface area contributed by atoms with E-state index in [1.165, 1.54) is 38.5 Å². The summed E-state index contributed by atoms with van der Waals surface area (Å²) in [5, 5.41) is 27.5. The lowest BCUT2D eigenvalue weighted by molar-refractivity contribution is -0.258. The Morgan fingerprint density at radius 1 is 0.887 bits per heavy atom. The van der Waals surface area contributed by atoms with Gasteiger partial charge in [0.15, 0.2) is 0 Å². The molecule has 1 aliphatic heterocycles. The number of rotatable bonds is 28. The van der Waals surface area contributed by atoms with Gasteiger partial charge in [0.2, 0.25) is 11.7 Å². The van der Waals surface area contributed by atoms with Crippen LogP contribution >= 0.6 is 0 Å². The van der Waals surface area contributed by atoms with E-state index in [4.69, 9.17) is 29.2 Å². The highest BCUT2D eigenvalue weighted by Gasteiger charge is 2.65. The molecule has 1 fully saturated rings. The first-order valence-electron chi connectivity index (χ1n) is 27.1. The first kappa shape index (κ1) is 53.8. The Labute approximate surface area is 424 Å². The minimum atomic E-state index is -1.36. The molecule has 0 bridgehead atoms. The smallest absolute Gasteiger partial charge is 0.239 e. The van der Waals surface area contributed by atoms with E-state index in [2.05, 4.69) is 73.0 Å². The van der Waals surface area contributed by atoms with Crippen LogP contribution in [0.5, 0.6) is 11.5 Å². The molecular weight excluding hydrogens is 887 g/mol. The Balaban J connectivity index is 1.39. The summed E-state index contributed by atoms with van der Waals surface area (Å²) in [4.78, 5) is 28.7. The fourth-order valence-electron chi connectivity index (χ4n) is 11.5. The number of allylic oxidation sites excluding steroid dienone is 1. The van der Waals surface area contributed by atoms with Gasteiger partial charge >= 0.3 is 0 Å². The van der Waals surface area contributed by atoms with Crippen LogP contribution in [0.2, 0.25) is 0 Å². The summed E-state index contributed by atoms with van der Waals surface area (Å²) in [5.74, 6) is -0.287. The van der Waals surface area contributed by atoms with Crippen molar-refractivity contribution >= 4 is 22.4 Å². The molecule has 2 aliphatic carbocycles. The highest BCUT2D eigenvalue weighted by Crippen LogP contribution is 2.62. The van der Waals surface area contributed by atoms with Gasteiger partial charge in [-0.05, 0) is 124 Å². The van der Waals surface area contributed by atoms with Crippen LogP contribution in [0.1, 0.15) is 165 Å². The molecule has 0 unspecified atom stereocenters. The number of hydrogen-bond acceptors (Lipinski definition) is 9. The van der Waals surface area contributed by atoms with Crippen molar-refractivity contribution in [2.24, 2.45) is 22.9 Å². The predicted octanol–water partition coefficient (Wildman–Crippen LogP) is 13.5. The SMILES string of the molecule is C=CCO[C@@]12Oc3ccc(OCc4cccc(C)n4)cc3[C@H]3[C@H](CCCCO)[C@@H](CCCCO)C=C(C(=NOC(C)(C)C)C[C@@H]1N(Cc1cccc4ccccc14)C(=O)CCCCCCCCCCC)[C@H]32. The number of aliphatic hydroxyl groups excluding tert-OH is 2. The monoisotopic (exact) mass is 970 g/mol. The first-order valence-corrected chi connectivity index (χ1v) is 27.1. The van der Waals surface area contributed by atoms with E-state index in [1.54, 1.807) is 6.08 Å². The second-order valence-electron chi connectivity index (χ2n) is 21.3. The standard InChI is InChI=1S/C61H83N3O7/c1-7-9-10-11-12-13-14-15-16-33-57(67)64(42-47-29-24-28-45-26-17-18-31-50(45)47)56-41-54(63-71-60(4,5)6)52-39-46(27-19-21-36-65)51(32-20-22-37-66)58-53-40-49(68-43-48-30-23-25-44(3)62-48)34-35-55(53)70-61(56,59(52)58)69-38-8-2/h8,17-18,23-26,28-31,34-35,39-40,46,51,56,58-59,65-66H,2,7,9-16,19-22,27,32-33,36-38,41-43H2,1,3-6H3/t46-,51+,56-,58+,59+,61+/m0/s1. The molecule has 0 saturated heterocycles.